The lowest BCUT2D eigenvalue weighted by atomic mass is 9.98. The summed E-state index contributed by atoms with van der Waals surface area (Å²) < 4.78 is 10.6. The molecule has 7 heteroatoms. The van der Waals surface area contributed by atoms with Crippen LogP contribution in [-0.2, 0) is 16.0 Å². The second-order valence-corrected chi connectivity index (χ2v) is 7.93. The van der Waals surface area contributed by atoms with Crippen molar-refractivity contribution in [1.29, 1.82) is 0 Å². The molecule has 164 valence electrons. The highest BCUT2D eigenvalue weighted by Crippen LogP contribution is 2.44. The van der Waals surface area contributed by atoms with Crippen LogP contribution in [0.4, 0.5) is 4.79 Å². The average Bonchev–Trinajstić information content (AvgIpc) is 3.12. The number of carboxylic acids is 1. The number of ether oxygens (including phenoxy) is 2. The van der Waals surface area contributed by atoms with Gasteiger partial charge in [-0.2, -0.15) is 0 Å². The molecule has 0 unspecified atom stereocenters. The predicted molar refractivity (Wildman–Crippen MR) is 121 cm³/mol. The van der Waals surface area contributed by atoms with E-state index < -0.39 is 18.1 Å². The summed E-state index contributed by atoms with van der Waals surface area (Å²) in [6.07, 6.45) is -0.772. The highest BCUT2D eigenvalue weighted by Gasteiger charge is 2.30. The molecule has 0 bridgehead atoms. The van der Waals surface area contributed by atoms with Gasteiger partial charge < -0.3 is 19.9 Å². The maximum absolute atomic E-state index is 12.5. The number of carboxylic acid groups (broad SMARTS) is 1. The van der Waals surface area contributed by atoms with Crippen LogP contribution in [0.15, 0.2) is 66.7 Å². The van der Waals surface area contributed by atoms with Crippen LogP contribution in [0.1, 0.15) is 22.6 Å². The summed E-state index contributed by atoms with van der Waals surface area (Å²) in [5.74, 6) is -0.715. The Morgan fingerprint density at radius 2 is 1.66 bits per heavy atom. The second kappa shape index (κ2) is 9.32. The molecule has 0 radical (unpaired) electrons. The number of halogens is 1. The van der Waals surface area contributed by atoms with E-state index in [-0.39, 0.29) is 18.9 Å². The van der Waals surface area contributed by atoms with Crippen molar-refractivity contribution in [2.24, 2.45) is 0 Å². The Morgan fingerprint density at radius 1 is 1.03 bits per heavy atom. The number of hydrogen-bond donors (Lipinski definition) is 2. The summed E-state index contributed by atoms with van der Waals surface area (Å²) in [6.45, 7) is 0.107. The van der Waals surface area contributed by atoms with Gasteiger partial charge in [0.15, 0.2) is 0 Å². The molecule has 0 heterocycles. The third-order valence-electron chi connectivity index (χ3n) is 5.62. The fourth-order valence-electron chi connectivity index (χ4n) is 4.02. The number of methoxy groups -OCH3 is 1. The van der Waals surface area contributed by atoms with Crippen molar-refractivity contribution in [2.45, 2.75) is 18.4 Å². The van der Waals surface area contributed by atoms with E-state index in [4.69, 9.17) is 21.1 Å². The molecule has 0 aliphatic heterocycles. The number of rotatable bonds is 7. The molecule has 0 saturated heterocycles. The van der Waals surface area contributed by atoms with Crippen LogP contribution in [0, 0.1) is 0 Å². The van der Waals surface area contributed by atoms with E-state index in [1.165, 1.54) is 7.11 Å². The van der Waals surface area contributed by atoms with Gasteiger partial charge in [0.1, 0.15) is 18.4 Å². The minimum absolute atomic E-state index is 0.0162. The monoisotopic (exact) mass is 451 g/mol. The van der Waals surface area contributed by atoms with Gasteiger partial charge in [-0.15, -0.1) is 0 Å². The molecule has 1 aliphatic rings. The van der Waals surface area contributed by atoms with Gasteiger partial charge in [0, 0.05) is 17.4 Å². The molecular formula is C25H22ClNO5. The van der Waals surface area contributed by atoms with Gasteiger partial charge in [-0.25, -0.2) is 9.59 Å². The zero-order valence-corrected chi connectivity index (χ0v) is 18.1. The van der Waals surface area contributed by atoms with E-state index >= 15 is 0 Å². The molecule has 3 aromatic rings. The molecular weight excluding hydrogens is 430 g/mol. The first-order valence-electron chi connectivity index (χ1n) is 10.1. The Labute approximate surface area is 190 Å². The fourth-order valence-corrected chi connectivity index (χ4v) is 4.27. The number of fused-ring (bicyclic) bond motifs is 3. The number of aliphatic carboxylic acids is 1. The first-order chi connectivity index (χ1) is 15.5. The molecule has 0 spiro atoms. The van der Waals surface area contributed by atoms with Crippen molar-refractivity contribution < 1.29 is 24.2 Å². The molecule has 4 rings (SSSR count). The van der Waals surface area contributed by atoms with Crippen molar-refractivity contribution in [1.82, 2.24) is 5.32 Å². The molecule has 32 heavy (non-hydrogen) atoms. The van der Waals surface area contributed by atoms with Crippen LogP contribution in [-0.4, -0.2) is 36.9 Å². The summed E-state index contributed by atoms with van der Waals surface area (Å²) in [7, 11) is 1.52. The van der Waals surface area contributed by atoms with Crippen molar-refractivity contribution in [2.75, 3.05) is 13.7 Å². The zero-order chi connectivity index (χ0) is 22.7. The molecule has 1 amide bonds. The van der Waals surface area contributed by atoms with Crippen molar-refractivity contribution in [3.05, 3.63) is 88.4 Å². The molecule has 2 N–H and O–H groups in total. The maximum Gasteiger partial charge on any atom is 0.407 e. The van der Waals surface area contributed by atoms with Crippen LogP contribution >= 0.6 is 11.6 Å². The highest BCUT2D eigenvalue weighted by atomic mass is 35.5. The largest absolute Gasteiger partial charge is 0.497 e. The minimum atomic E-state index is -1.18. The summed E-state index contributed by atoms with van der Waals surface area (Å²) >= 11 is 6.22. The zero-order valence-electron chi connectivity index (χ0n) is 17.4. The smallest absolute Gasteiger partial charge is 0.407 e. The summed E-state index contributed by atoms with van der Waals surface area (Å²) in [4.78, 5) is 24.2. The SMILES string of the molecule is COc1ccc(C[C@H](NC(=O)OCC2c3ccccc3-c3ccccc32)C(=O)O)c(Cl)c1. The first kappa shape index (κ1) is 21.7. The number of benzene rings is 3. The van der Waals surface area contributed by atoms with E-state index in [9.17, 15) is 14.7 Å². The summed E-state index contributed by atoms with van der Waals surface area (Å²) in [6, 6.07) is 19.8. The normalized spacial score (nSPS) is 13.1. The van der Waals surface area contributed by atoms with Crippen LogP contribution in [0.5, 0.6) is 5.75 Å². The number of amides is 1. The van der Waals surface area contributed by atoms with Gasteiger partial charge in [-0.1, -0.05) is 66.2 Å². The fraction of sp³-hybridized carbons (Fsp3) is 0.200. The van der Waals surface area contributed by atoms with Crippen molar-refractivity contribution >= 4 is 23.7 Å². The van der Waals surface area contributed by atoms with Gasteiger partial charge in [0.2, 0.25) is 0 Å². The minimum Gasteiger partial charge on any atom is -0.497 e. The molecule has 1 aliphatic carbocycles. The maximum atomic E-state index is 12.5. The Balaban J connectivity index is 1.43. The number of carbonyl (C=O) groups excluding carboxylic acids is 1. The van der Waals surface area contributed by atoms with Crippen LogP contribution < -0.4 is 10.1 Å². The second-order valence-electron chi connectivity index (χ2n) is 7.52. The standard InChI is InChI=1S/C25H22ClNO5/c1-31-16-11-10-15(22(26)13-16)12-23(24(28)29)27-25(30)32-14-21-19-8-4-2-6-17(19)18-7-3-5-9-20(18)21/h2-11,13,21,23H,12,14H2,1H3,(H,27,30)(H,28,29)/t23-/m0/s1. The number of carbonyl (C=O) groups is 2. The van der Waals surface area contributed by atoms with E-state index in [1.807, 2.05) is 48.5 Å². The Hall–Kier alpha value is -3.51. The van der Waals surface area contributed by atoms with Crippen LogP contribution in [0.3, 0.4) is 0 Å². The van der Waals surface area contributed by atoms with E-state index in [0.29, 0.717) is 16.3 Å². The molecule has 0 saturated carbocycles. The number of hydrogen-bond acceptors (Lipinski definition) is 4. The third-order valence-corrected chi connectivity index (χ3v) is 5.97. The molecule has 6 nitrogen and oxygen atoms in total. The van der Waals surface area contributed by atoms with Crippen molar-refractivity contribution in [3.8, 4) is 16.9 Å². The summed E-state index contributed by atoms with van der Waals surface area (Å²) in [5.41, 5.74) is 4.99. The molecule has 0 aromatic heterocycles. The van der Waals surface area contributed by atoms with Gasteiger partial charge in [0.25, 0.3) is 0 Å². The van der Waals surface area contributed by atoms with Gasteiger partial charge in [-0.05, 0) is 39.9 Å². The third kappa shape index (κ3) is 4.41. The molecule has 1 atom stereocenters. The van der Waals surface area contributed by atoms with E-state index in [0.717, 1.165) is 22.3 Å². The lowest BCUT2D eigenvalue weighted by molar-refractivity contribution is -0.139. The van der Waals surface area contributed by atoms with Crippen LogP contribution in [0.2, 0.25) is 5.02 Å². The quantitative estimate of drug-likeness (QED) is 0.534. The van der Waals surface area contributed by atoms with E-state index in [1.54, 1.807) is 18.2 Å². The molecule has 0 fully saturated rings. The summed E-state index contributed by atoms with van der Waals surface area (Å²) in [5, 5.41) is 12.4. The Bertz CT molecular complexity index is 1120. The molecule has 3 aromatic carbocycles. The topological polar surface area (TPSA) is 84.9 Å². The van der Waals surface area contributed by atoms with E-state index in [2.05, 4.69) is 5.32 Å². The Morgan fingerprint density at radius 3 is 2.22 bits per heavy atom. The average molecular weight is 452 g/mol. The lowest BCUT2D eigenvalue weighted by Gasteiger charge is -2.18. The number of alkyl carbamates (subject to hydrolysis) is 1. The van der Waals surface area contributed by atoms with Gasteiger partial charge in [0.05, 0.1) is 7.11 Å². The van der Waals surface area contributed by atoms with Gasteiger partial charge >= 0.3 is 12.1 Å². The predicted octanol–water partition coefficient (Wildman–Crippen LogP) is 4.88. The Kier molecular flexibility index (Phi) is 6.32. The first-order valence-corrected chi connectivity index (χ1v) is 10.5. The lowest BCUT2D eigenvalue weighted by Crippen LogP contribution is -2.43. The highest BCUT2D eigenvalue weighted by molar-refractivity contribution is 6.31. The van der Waals surface area contributed by atoms with Gasteiger partial charge in [-0.3, -0.25) is 0 Å². The van der Waals surface area contributed by atoms with Crippen LogP contribution in [0.25, 0.3) is 11.1 Å². The number of nitrogens with one attached hydrogen (secondary N) is 1. The van der Waals surface area contributed by atoms with Crippen molar-refractivity contribution in [3.63, 3.8) is 0 Å².